The fraction of sp³-hybridized carbons (Fsp3) is 0.296. The zero-order valence-electron chi connectivity index (χ0n) is 21.1. The number of nitrogens with one attached hydrogen (secondary N) is 1. The van der Waals surface area contributed by atoms with Gasteiger partial charge in [0.1, 0.15) is 6.54 Å². The van der Waals surface area contributed by atoms with Crippen molar-refractivity contribution in [1.82, 2.24) is 5.32 Å². The van der Waals surface area contributed by atoms with Gasteiger partial charge in [0.05, 0.1) is 21.5 Å². The van der Waals surface area contributed by atoms with Gasteiger partial charge in [-0.15, -0.1) is 0 Å². The quantitative estimate of drug-likeness (QED) is 0.441. The molecular weight excluding hydrogens is 496 g/mol. The van der Waals surface area contributed by atoms with Crippen molar-refractivity contribution in [1.29, 1.82) is 0 Å². The second kappa shape index (κ2) is 10.8. The maximum atomic E-state index is 13.7. The highest BCUT2D eigenvalue weighted by Crippen LogP contribution is 2.28. The Kier molecular flexibility index (Phi) is 8.26. The first kappa shape index (κ1) is 27.4. The first-order valence-electron chi connectivity index (χ1n) is 11.6. The van der Waals surface area contributed by atoms with E-state index in [1.165, 1.54) is 24.3 Å². The summed E-state index contributed by atoms with van der Waals surface area (Å²) in [6.45, 7) is 7.09. The molecule has 0 bridgehead atoms. The lowest BCUT2D eigenvalue weighted by Crippen LogP contribution is -2.42. The van der Waals surface area contributed by atoms with Gasteiger partial charge in [0.25, 0.3) is 10.0 Å². The molecule has 9 heteroatoms. The molecule has 0 heterocycles. The predicted molar refractivity (Wildman–Crippen MR) is 142 cm³/mol. The second-order valence-corrected chi connectivity index (χ2v) is 12.9. The summed E-state index contributed by atoms with van der Waals surface area (Å²) in [6.07, 6.45) is 1.68. The van der Waals surface area contributed by atoms with Crippen LogP contribution >= 0.6 is 0 Å². The van der Waals surface area contributed by atoms with Crippen LogP contribution in [0.5, 0.6) is 0 Å². The molecule has 1 atom stereocenters. The molecule has 36 heavy (non-hydrogen) atoms. The summed E-state index contributed by atoms with van der Waals surface area (Å²) in [7, 11) is -7.36. The average Bonchev–Trinajstić information content (AvgIpc) is 2.81. The van der Waals surface area contributed by atoms with Crippen LogP contribution in [0.15, 0.2) is 76.5 Å². The molecule has 3 aromatic carbocycles. The molecule has 0 saturated heterocycles. The minimum absolute atomic E-state index is 0.101. The molecule has 0 aliphatic heterocycles. The Labute approximate surface area is 214 Å². The molecule has 0 aromatic heterocycles. The number of sulfonamides is 1. The average molecular weight is 529 g/mol. The topological polar surface area (TPSA) is 101 Å². The van der Waals surface area contributed by atoms with Gasteiger partial charge in [0.2, 0.25) is 5.91 Å². The van der Waals surface area contributed by atoms with Crippen molar-refractivity contribution >= 4 is 31.5 Å². The summed E-state index contributed by atoms with van der Waals surface area (Å²) in [6, 6.07) is 17.9. The van der Waals surface area contributed by atoms with Gasteiger partial charge in [-0.3, -0.25) is 9.10 Å². The second-order valence-electron chi connectivity index (χ2n) is 8.98. The van der Waals surface area contributed by atoms with Crippen molar-refractivity contribution in [3.63, 3.8) is 0 Å². The lowest BCUT2D eigenvalue weighted by molar-refractivity contribution is -0.120. The van der Waals surface area contributed by atoms with Crippen molar-refractivity contribution in [3.8, 4) is 0 Å². The fourth-order valence-electron chi connectivity index (χ4n) is 3.96. The Morgan fingerprint density at radius 2 is 1.39 bits per heavy atom. The lowest BCUT2D eigenvalue weighted by Gasteiger charge is -2.27. The van der Waals surface area contributed by atoms with Crippen LogP contribution in [-0.4, -0.2) is 35.5 Å². The number of benzene rings is 3. The fourth-order valence-corrected chi connectivity index (χ4v) is 6.08. The van der Waals surface area contributed by atoms with E-state index in [2.05, 4.69) is 5.32 Å². The Morgan fingerprint density at radius 3 is 1.92 bits per heavy atom. The third-order valence-electron chi connectivity index (χ3n) is 5.97. The minimum atomic E-state index is -4.02. The van der Waals surface area contributed by atoms with Crippen LogP contribution < -0.4 is 9.62 Å². The number of hydrogen-bond acceptors (Lipinski definition) is 5. The van der Waals surface area contributed by atoms with Gasteiger partial charge >= 0.3 is 0 Å². The molecule has 0 radical (unpaired) electrons. The number of carbonyl (C=O) groups excluding carboxylic acids is 1. The van der Waals surface area contributed by atoms with E-state index >= 15 is 0 Å². The van der Waals surface area contributed by atoms with Crippen molar-refractivity contribution in [3.05, 3.63) is 89.0 Å². The van der Waals surface area contributed by atoms with E-state index in [4.69, 9.17) is 0 Å². The number of anilines is 1. The predicted octanol–water partition coefficient (Wildman–Crippen LogP) is 4.48. The van der Waals surface area contributed by atoms with Crippen LogP contribution in [0.4, 0.5) is 5.69 Å². The summed E-state index contributed by atoms with van der Waals surface area (Å²) < 4.78 is 52.0. The SMILES string of the molecule is CCC(NC(=O)CN(c1ccc(C)cc1C)S(=O)(=O)c1ccc(C)cc1)c1ccc(S(C)(=O)=O)cc1. The van der Waals surface area contributed by atoms with Crippen molar-refractivity contribution in [2.75, 3.05) is 17.1 Å². The van der Waals surface area contributed by atoms with E-state index in [0.717, 1.165) is 32.8 Å². The Balaban J connectivity index is 1.93. The third-order valence-corrected chi connectivity index (χ3v) is 8.87. The Bertz CT molecular complexity index is 1450. The zero-order chi connectivity index (χ0) is 26.7. The molecule has 3 rings (SSSR count). The maximum absolute atomic E-state index is 13.7. The molecule has 1 unspecified atom stereocenters. The van der Waals surface area contributed by atoms with E-state index in [1.54, 1.807) is 30.3 Å². The molecule has 3 aromatic rings. The van der Waals surface area contributed by atoms with E-state index in [0.29, 0.717) is 12.1 Å². The summed E-state index contributed by atoms with van der Waals surface area (Å²) in [5.41, 5.74) is 3.82. The van der Waals surface area contributed by atoms with E-state index in [1.807, 2.05) is 39.8 Å². The molecule has 0 saturated carbocycles. The zero-order valence-corrected chi connectivity index (χ0v) is 22.8. The number of nitrogens with zero attached hydrogens (tertiary/aromatic N) is 1. The highest BCUT2D eigenvalue weighted by molar-refractivity contribution is 7.93. The Morgan fingerprint density at radius 1 is 0.833 bits per heavy atom. The number of rotatable bonds is 9. The highest BCUT2D eigenvalue weighted by atomic mass is 32.2. The summed E-state index contributed by atoms with van der Waals surface area (Å²) in [4.78, 5) is 13.5. The van der Waals surface area contributed by atoms with Gasteiger partial charge in [-0.05, 0) is 68.7 Å². The van der Waals surface area contributed by atoms with Crippen molar-refractivity contribution in [2.24, 2.45) is 0 Å². The standard InChI is InChI=1S/C27H32N2O5S2/c1-6-25(22-10-14-23(15-11-22)35(5,31)32)28-27(30)18-29(26-16-9-20(3)17-21(26)4)36(33,34)24-12-7-19(2)8-13-24/h7-17,25H,6,18H2,1-5H3,(H,28,30). The van der Waals surface area contributed by atoms with Gasteiger partial charge in [0.15, 0.2) is 9.84 Å². The number of amides is 1. The molecule has 0 aliphatic carbocycles. The van der Waals surface area contributed by atoms with E-state index in [9.17, 15) is 21.6 Å². The molecule has 1 N–H and O–H groups in total. The Hall–Kier alpha value is -3.17. The molecule has 192 valence electrons. The third kappa shape index (κ3) is 6.33. The largest absolute Gasteiger partial charge is 0.348 e. The molecule has 0 aliphatic rings. The van der Waals surface area contributed by atoms with Crippen LogP contribution in [0.1, 0.15) is 41.6 Å². The summed E-state index contributed by atoms with van der Waals surface area (Å²) in [5, 5.41) is 2.91. The molecule has 0 fully saturated rings. The van der Waals surface area contributed by atoms with Gasteiger partial charge in [-0.25, -0.2) is 16.8 Å². The number of hydrogen-bond donors (Lipinski definition) is 1. The van der Waals surface area contributed by atoms with Gasteiger partial charge < -0.3 is 5.32 Å². The molecule has 1 amide bonds. The lowest BCUT2D eigenvalue weighted by atomic mass is 10.0. The first-order valence-corrected chi connectivity index (χ1v) is 14.9. The van der Waals surface area contributed by atoms with Crippen molar-refractivity contribution < 1.29 is 21.6 Å². The molecule has 0 spiro atoms. The maximum Gasteiger partial charge on any atom is 0.264 e. The van der Waals surface area contributed by atoms with Crippen LogP contribution in [0.2, 0.25) is 0 Å². The normalized spacial score (nSPS) is 12.7. The smallest absolute Gasteiger partial charge is 0.264 e. The minimum Gasteiger partial charge on any atom is -0.348 e. The van der Waals surface area contributed by atoms with Gasteiger partial charge in [-0.1, -0.05) is 54.4 Å². The monoisotopic (exact) mass is 528 g/mol. The number of aryl methyl sites for hydroxylation is 3. The van der Waals surface area contributed by atoms with Crippen LogP contribution in [0.3, 0.4) is 0 Å². The van der Waals surface area contributed by atoms with Crippen molar-refractivity contribution in [2.45, 2.75) is 49.9 Å². The van der Waals surface area contributed by atoms with Crippen LogP contribution in [0, 0.1) is 20.8 Å². The van der Waals surface area contributed by atoms with Crippen LogP contribution in [-0.2, 0) is 24.7 Å². The van der Waals surface area contributed by atoms with Crippen LogP contribution in [0.25, 0.3) is 0 Å². The van der Waals surface area contributed by atoms with Gasteiger partial charge in [-0.2, -0.15) is 0 Å². The molecular formula is C27H32N2O5S2. The highest BCUT2D eigenvalue weighted by Gasteiger charge is 2.29. The van der Waals surface area contributed by atoms with E-state index in [-0.39, 0.29) is 9.79 Å². The number of carbonyl (C=O) groups is 1. The number of sulfone groups is 1. The summed E-state index contributed by atoms with van der Waals surface area (Å²) in [5.74, 6) is -0.468. The first-order chi connectivity index (χ1) is 16.8. The summed E-state index contributed by atoms with van der Waals surface area (Å²) >= 11 is 0. The molecule has 7 nitrogen and oxygen atoms in total. The van der Waals surface area contributed by atoms with E-state index < -0.39 is 38.4 Å². The van der Waals surface area contributed by atoms with Gasteiger partial charge in [0, 0.05) is 6.26 Å².